The van der Waals surface area contributed by atoms with Gasteiger partial charge in [-0.2, -0.15) is 0 Å². The van der Waals surface area contributed by atoms with E-state index in [0.717, 1.165) is 0 Å². The Kier molecular flexibility index (Phi) is 6.53. The van der Waals surface area contributed by atoms with Crippen LogP contribution in [-0.4, -0.2) is 9.13 Å². The molecule has 0 bridgehead atoms. The fourth-order valence-corrected chi connectivity index (χ4v) is 7.74. The van der Waals surface area contributed by atoms with Gasteiger partial charge in [-0.1, -0.05) is 152 Å². The van der Waals surface area contributed by atoms with Gasteiger partial charge in [0.1, 0.15) is 0 Å². The molecule has 10 aromatic rings. The number of benzene rings is 8. The van der Waals surface area contributed by atoms with Crippen molar-refractivity contribution in [2.45, 2.75) is 0 Å². The molecule has 10 rings (SSSR count). The summed E-state index contributed by atoms with van der Waals surface area (Å²) in [5.74, 6) is 0. The first-order valence-electron chi connectivity index (χ1n) is 17.2. The Hall–Kier alpha value is -6.64. The van der Waals surface area contributed by atoms with Gasteiger partial charge in [-0.15, -0.1) is 0 Å². The molecule has 0 aliphatic rings. The third kappa shape index (κ3) is 4.57. The zero-order chi connectivity index (χ0) is 33.0. The lowest BCUT2D eigenvalue weighted by molar-refractivity contribution is 1.15. The number of hydrogen-bond acceptors (Lipinski definition) is 0. The molecule has 2 heterocycles. The molecule has 2 heteroatoms. The van der Waals surface area contributed by atoms with Gasteiger partial charge in [0.05, 0.1) is 33.8 Å². The maximum atomic E-state index is 2.44. The van der Waals surface area contributed by atoms with Crippen LogP contribution in [0.3, 0.4) is 0 Å². The number of fused-ring (bicyclic) bond motifs is 4. The van der Waals surface area contributed by atoms with Crippen LogP contribution in [0.25, 0.3) is 88.4 Å². The van der Waals surface area contributed by atoms with Gasteiger partial charge in [-0.25, -0.2) is 0 Å². The van der Waals surface area contributed by atoms with Crippen LogP contribution in [0.15, 0.2) is 194 Å². The highest BCUT2D eigenvalue weighted by molar-refractivity contribution is 6.00. The summed E-state index contributed by atoms with van der Waals surface area (Å²) in [5.41, 5.74) is 11.9. The fraction of sp³-hybridized carbons (Fsp3) is 0. The van der Waals surface area contributed by atoms with Crippen LogP contribution in [0, 0.1) is 0 Å². The van der Waals surface area contributed by atoms with Gasteiger partial charge in [-0.3, -0.25) is 0 Å². The molecule has 0 radical (unpaired) electrons. The Bertz CT molecular complexity index is 2850. The molecule has 0 N–H and O–H groups in total. The highest BCUT2D eigenvalue weighted by Crippen LogP contribution is 2.39. The van der Waals surface area contributed by atoms with Gasteiger partial charge in [0.2, 0.25) is 0 Å². The first-order chi connectivity index (χ1) is 24.8. The predicted molar refractivity (Wildman–Crippen MR) is 211 cm³/mol. The predicted octanol–water partition coefficient (Wildman–Crippen LogP) is 12.9. The summed E-state index contributed by atoms with van der Waals surface area (Å²) in [4.78, 5) is 0. The SMILES string of the molecule is c1ccc(-c2cc3cc(-c4ccc5cc(-c6ccccc6)n(-c6cccc7ccccc67)c5c4)ccc3n2-c2cccc3ccccc23)cc1. The number of rotatable bonds is 5. The van der Waals surface area contributed by atoms with Crippen molar-refractivity contribution < 1.29 is 0 Å². The van der Waals surface area contributed by atoms with Crippen molar-refractivity contribution in [2.75, 3.05) is 0 Å². The largest absolute Gasteiger partial charge is 0.309 e. The Morgan fingerprint density at radius 2 is 0.740 bits per heavy atom. The normalized spacial score (nSPS) is 11.6. The average molecular weight is 637 g/mol. The molecular formula is C48H32N2. The minimum Gasteiger partial charge on any atom is -0.309 e. The summed E-state index contributed by atoms with van der Waals surface area (Å²) in [6.07, 6.45) is 0. The van der Waals surface area contributed by atoms with E-state index in [1.807, 2.05) is 0 Å². The van der Waals surface area contributed by atoms with Crippen LogP contribution < -0.4 is 0 Å². The zero-order valence-electron chi connectivity index (χ0n) is 27.4. The molecule has 50 heavy (non-hydrogen) atoms. The van der Waals surface area contributed by atoms with Gasteiger partial charge in [0.25, 0.3) is 0 Å². The van der Waals surface area contributed by atoms with Crippen molar-refractivity contribution in [3.8, 4) is 45.0 Å². The van der Waals surface area contributed by atoms with Gasteiger partial charge in [0, 0.05) is 21.5 Å². The summed E-state index contributed by atoms with van der Waals surface area (Å²) in [6.45, 7) is 0. The molecule has 234 valence electrons. The summed E-state index contributed by atoms with van der Waals surface area (Å²) in [6, 6.07) is 70.5. The fourth-order valence-electron chi connectivity index (χ4n) is 7.74. The molecule has 0 fully saturated rings. The van der Waals surface area contributed by atoms with Gasteiger partial charge >= 0.3 is 0 Å². The molecule has 8 aromatic carbocycles. The van der Waals surface area contributed by atoms with Crippen LogP contribution in [0.4, 0.5) is 0 Å². The van der Waals surface area contributed by atoms with Crippen LogP contribution in [0.2, 0.25) is 0 Å². The summed E-state index contributed by atoms with van der Waals surface area (Å²) in [7, 11) is 0. The second kappa shape index (κ2) is 11.5. The summed E-state index contributed by atoms with van der Waals surface area (Å²) < 4.78 is 4.87. The Balaban J connectivity index is 1.19. The topological polar surface area (TPSA) is 9.86 Å². The maximum absolute atomic E-state index is 2.44. The van der Waals surface area contributed by atoms with E-state index in [1.165, 1.54) is 88.4 Å². The molecule has 0 aliphatic carbocycles. The quantitative estimate of drug-likeness (QED) is 0.178. The highest BCUT2D eigenvalue weighted by atomic mass is 15.0. The van der Waals surface area contributed by atoms with Gasteiger partial charge in [0.15, 0.2) is 0 Å². The van der Waals surface area contributed by atoms with E-state index in [-0.39, 0.29) is 0 Å². The van der Waals surface area contributed by atoms with Crippen molar-refractivity contribution in [1.29, 1.82) is 0 Å². The number of aromatic nitrogens is 2. The van der Waals surface area contributed by atoms with E-state index in [0.29, 0.717) is 0 Å². The first kappa shape index (κ1) is 28.4. The number of nitrogens with zero attached hydrogens (tertiary/aromatic N) is 2. The minimum absolute atomic E-state index is 1.18. The second-order valence-corrected chi connectivity index (χ2v) is 13.0. The van der Waals surface area contributed by atoms with E-state index in [4.69, 9.17) is 0 Å². The lowest BCUT2D eigenvalue weighted by Gasteiger charge is -2.15. The molecule has 0 saturated heterocycles. The van der Waals surface area contributed by atoms with Crippen LogP contribution in [0.5, 0.6) is 0 Å². The van der Waals surface area contributed by atoms with Crippen molar-refractivity contribution in [1.82, 2.24) is 9.13 Å². The smallest absolute Gasteiger partial charge is 0.0541 e. The first-order valence-corrected chi connectivity index (χ1v) is 17.2. The van der Waals surface area contributed by atoms with E-state index < -0.39 is 0 Å². The standard InChI is InChI=1S/C48H32N2/c1-3-15-35(16-4-1)46-31-39-26-25-38(30-48(39)50(46)45-24-12-20-34-14-8-10-22-42(34)45)37-27-28-43-40(29-37)32-47(36-17-5-2-6-18-36)49(43)44-23-11-19-33-13-7-9-21-41(33)44/h1-32H. The number of hydrogen-bond donors (Lipinski definition) is 0. The van der Waals surface area contributed by atoms with Crippen LogP contribution >= 0.6 is 0 Å². The van der Waals surface area contributed by atoms with E-state index in [9.17, 15) is 0 Å². The van der Waals surface area contributed by atoms with Crippen LogP contribution in [-0.2, 0) is 0 Å². The van der Waals surface area contributed by atoms with E-state index in [2.05, 4.69) is 203 Å². The summed E-state index contributed by atoms with van der Waals surface area (Å²) >= 11 is 0. The Morgan fingerprint density at radius 3 is 1.36 bits per heavy atom. The third-order valence-electron chi connectivity index (χ3n) is 10.1. The molecular weight excluding hydrogens is 605 g/mol. The molecule has 0 atom stereocenters. The molecule has 0 aliphatic heterocycles. The van der Waals surface area contributed by atoms with Gasteiger partial charge < -0.3 is 9.13 Å². The van der Waals surface area contributed by atoms with Crippen molar-refractivity contribution in [2.24, 2.45) is 0 Å². The zero-order valence-corrected chi connectivity index (χ0v) is 27.4. The van der Waals surface area contributed by atoms with Crippen molar-refractivity contribution >= 4 is 43.4 Å². The lowest BCUT2D eigenvalue weighted by atomic mass is 10.0. The Labute approximate surface area is 290 Å². The molecule has 0 saturated carbocycles. The maximum Gasteiger partial charge on any atom is 0.0541 e. The molecule has 0 unspecified atom stereocenters. The molecule has 2 aromatic heterocycles. The molecule has 2 nitrogen and oxygen atoms in total. The highest BCUT2D eigenvalue weighted by Gasteiger charge is 2.18. The van der Waals surface area contributed by atoms with E-state index in [1.54, 1.807) is 0 Å². The van der Waals surface area contributed by atoms with Crippen LogP contribution in [0.1, 0.15) is 0 Å². The summed E-state index contributed by atoms with van der Waals surface area (Å²) in [5, 5.41) is 7.37. The minimum atomic E-state index is 1.18. The molecule has 0 spiro atoms. The van der Waals surface area contributed by atoms with Crippen molar-refractivity contribution in [3.05, 3.63) is 194 Å². The van der Waals surface area contributed by atoms with Crippen molar-refractivity contribution in [3.63, 3.8) is 0 Å². The second-order valence-electron chi connectivity index (χ2n) is 13.0. The molecule has 0 amide bonds. The Morgan fingerprint density at radius 1 is 0.260 bits per heavy atom. The monoisotopic (exact) mass is 636 g/mol. The average Bonchev–Trinajstić information content (AvgIpc) is 3.76. The lowest BCUT2D eigenvalue weighted by Crippen LogP contribution is -1.98. The van der Waals surface area contributed by atoms with E-state index >= 15 is 0 Å². The third-order valence-corrected chi connectivity index (χ3v) is 10.1. The van der Waals surface area contributed by atoms with Gasteiger partial charge in [-0.05, 0) is 75.5 Å².